The first kappa shape index (κ1) is 17.2. The second kappa shape index (κ2) is 8.48. The van der Waals surface area contributed by atoms with Crippen LogP contribution in [0, 0.1) is 6.92 Å². The number of ether oxygens (including phenoxy) is 1. The van der Waals surface area contributed by atoms with E-state index in [-0.39, 0.29) is 12.5 Å². The number of halogens is 1. The van der Waals surface area contributed by atoms with Crippen molar-refractivity contribution in [3.63, 3.8) is 0 Å². The molecule has 0 aromatic heterocycles. The average Bonchev–Trinajstić information content (AvgIpc) is 2.55. The van der Waals surface area contributed by atoms with E-state index in [0.29, 0.717) is 5.75 Å². The average molecular weight is 375 g/mol. The molecular formula is C18H19BrN2O2. The van der Waals surface area contributed by atoms with Gasteiger partial charge in [0.1, 0.15) is 5.75 Å². The zero-order valence-electron chi connectivity index (χ0n) is 13.2. The van der Waals surface area contributed by atoms with Crippen molar-refractivity contribution in [3.8, 4) is 5.75 Å². The first-order chi connectivity index (χ1) is 11.1. The summed E-state index contributed by atoms with van der Waals surface area (Å²) in [7, 11) is 0. The summed E-state index contributed by atoms with van der Waals surface area (Å²) in [6, 6.07) is 15.5. The molecule has 120 valence electrons. The summed E-state index contributed by atoms with van der Waals surface area (Å²) in [5.74, 6) is 0.341. The van der Waals surface area contributed by atoms with E-state index in [2.05, 4.69) is 26.5 Å². The molecule has 1 N–H and O–H groups in total. The highest BCUT2D eigenvalue weighted by atomic mass is 79.9. The molecular weight excluding hydrogens is 356 g/mol. The van der Waals surface area contributed by atoms with Crippen LogP contribution in [0.25, 0.3) is 0 Å². The SMILES string of the molecule is CC/C(=N/NC(=O)COc1ccc(C)cc1Br)c1ccccc1. The molecule has 2 rings (SSSR count). The van der Waals surface area contributed by atoms with Gasteiger partial charge in [-0.1, -0.05) is 43.3 Å². The van der Waals surface area contributed by atoms with Crippen molar-refractivity contribution in [2.75, 3.05) is 6.61 Å². The molecule has 0 saturated heterocycles. The second-order valence-electron chi connectivity index (χ2n) is 5.04. The first-order valence-corrected chi connectivity index (χ1v) is 8.19. The lowest BCUT2D eigenvalue weighted by atomic mass is 10.1. The molecule has 23 heavy (non-hydrogen) atoms. The van der Waals surface area contributed by atoms with Crippen LogP contribution in [0.15, 0.2) is 58.1 Å². The van der Waals surface area contributed by atoms with E-state index in [1.165, 1.54) is 0 Å². The van der Waals surface area contributed by atoms with Crippen LogP contribution in [0.1, 0.15) is 24.5 Å². The van der Waals surface area contributed by atoms with E-state index in [1.807, 2.05) is 62.4 Å². The van der Waals surface area contributed by atoms with E-state index in [4.69, 9.17) is 4.74 Å². The maximum Gasteiger partial charge on any atom is 0.277 e. The van der Waals surface area contributed by atoms with Gasteiger partial charge in [0.05, 0.1) is 10.2 Å². The van der Waals surface area contributed by atoms with Gasteiger partial charge in [-0.3, -0.25) is 4.79 Å². The number of carbonyl (C=O) groups is 1. The highest BCUT2D eigenvalue weighted by Gasteiger charge is 2.06. The zero-order chi connectivity index (χ0) is 16.7. The number of rotatable bonds is 6. The molecule has 0 unspecified atom stereocenters. The lowest BCUT2D eigenvalue weighted by molar-refractivity contribution is -0.123. The molecule has 0 fully saturated rings. The molecule has 0 spiro atoms. The maximum atomic E-state index is 11.9. The monoisotopic (exact) mass is 374 g/mol. The van der Waals surface area contributed by atoms with Gasteiger partial charge in [-0.15, -0.1) is 0 Å². The first-order valence-electron chi connectivity index (χ1n) is 7.40. The predicted molar refractivity (Wildman–Crippen MR) is 95.8 cm³/mol. The molecule has 0 aliphatic carbocycles. The fourth-order valence-corrected chi connectivity index (χ4v) is 2.61. The van der Waals surface area contributed by atoms with E-state index in [1.54, 1.807) is 0 Å². The fourth-order valence-electron chi connectivity index (χ4n) is 2.01. The number of nitrogens with zero attached hydrogens (tertiary/aromatic N) is 1. The van der Waals surface area contributed by atoms with Gasteiger partial charge in [0.25, 0.3) is 5.91 Å². The Balaban J connectivity index is 1.92. The largest absolute Gasteiger partial charge is 0.483 e. The molecule has 0 aliphatic rings. The van der Waals surface area contributed by atoms with Crippen LogP contribution < -0.4 is 10.2 Å². The van der Waals surface area contributed by atoms with Gasteiger partial charge in [0.15, 0.2) is 6.61 Å². The van der Waals surface area contributed by atoms with Gasteiger partial charge in [-0.05, 0) is 52.5 Å². The summed E-state index contributed by atoms with van der Waals surface area (Å²) < 4.78 is 6.32. The van der Waals surface area contributed by atoms with Crippen molar-refractivity contribution in [2.45, 2.75) is 20.3 Å². The Morgan fingerprint density at radius 3 is 2.61 bits per heavy atom. The third-order valence-electron chi connectivity index (χ3n) is 3.20. The molecule has 0 radical (unpaired) electrons. The highest BCUT2D eigenvalue weighted by Crippen LogP contribution is 2.25. The van der Waals surface area contributed by atoms with Crippen LogP contribution in [-0.4, -0.2) is 18.2 Å². The van der Waals surface area contributed by atoms with Crippen molar-refractivity contribution in [3.05, 3.63) is 64.1 Å². The van der Waals surface area contributed by atoms with Crippen molar-refractivity contribution < 1.29 is 9.53 Å². The maximum absolute atomic E-state index is 11.9. The van der Waals surface area contributed by atoms with Crippen molar-refractivity contribution in [1.29, 1.82) is 0 Å². The van der Waals surface area contributed by atoms with Gasteiger partial charge < -0.3 is 4.74 Å². The Kier molecular flexibility index (Phi) is 6.35. The van der Waals surface area contributed by atoms with E-state index in [9.17, 15) is 4.79 Å². The molecule has 0 saturated carbocycles. The van der Waals surface area contributed by atoms with Gasteiger partial charge in [0.2, 0.25) is 0 Å². The summed E-state index contributed by atoms with van der Waals surface area (Å²) in [5, 5.41) is 4.19. The summed E-state index contributed by atoms with van der Waals surface area (Å²) in [4.78, 5) is 11.9. The van der Waals surface area contributed by atoms with E-state index < -0.39 is 0 Å². The molecule has 1 amide bonds. The Hall–Kier alpha value is -2.14. The lowest BCUT2D eigenvalue weighted by Gasteiger charge is -2.08. The molecule has 4 nitrogen and oxygen atoms in total. The quantitative estimate of drug-likeness (QED) is 0.611. The Labute approximate surface area is 144 Å². The molecule has 2 aromatic carbocycles. The summed E-state index contributed by atoms with van der Waals surface area (Å²) in [6.45, 7) is 3.90. The van der Waals surface area contributed by atoms with Crippen LogP contribution in [0.2, 0.25) is 0 Å². The summed E-state index contributed by atoms with van der Waals surface area (Å²) >= 11 is 3.42. The number of hydrazone groups is 1. The molecule has 0 heterocycles. The minimum Gasteiger partial charge on any atom is -0.483 e. The van der Waals surface area contributed by atoms with E-state index >= 15 is 0 Å². The highest BCUT2D eigenvalue weighted by molar-refractivity contribution is 9.10. The molecule has 0 bridgehead atoms. The third kappa shape index (κ3) is 5.21. The van der Waals surface area contributed by atoms with E-state index in [0.717, 1.165) is 27.7 Å². The Bertz CT molecular complexity index is 699. The van der Waals surface area contributed by atoms with Crippen LogP contribution in [0.3, 0.4) is 0 Å². The number of benzene rings is 2. The molecule has 0 atom stereocenters. The van der Waals surface area contributed by atoms with Crippen LogP contribution in [-0.2, 0) is 4.79 Å². The van der Waals surface area contributed by atoms with Gasteiger partial charge in [-0.25, -0.2) is 5.43 Å². The standard InChI is InChI=1S/C18H19BrN2O2/c1-3-16(14-7-5-4-6-8-14)20-21-18(22)12-23-17-10-9-13(2)11-15(17)19/h4-11H,3,12H2,1-2H3,(H,21,22)/b20-16-. The number of hydrogen-bond acceptors (Lipinski definition) is 3. The zero-order valence-corrected chi connectivity index (χ0v) is 14.8. The predicted octanol–water partition coefficient (Wildman–Crippen LogP) is 4.07. The fraction of sp³-hybridized carbons (Fsp3) is 0.222. The number of nitrogens with one attached hydrogen (secondary N) is 1. The smallest absolute Gasteiger partial charge is 0.277 e. The van der Waals surface area contributed by atoms with Gasteiger partial charge >= 0.3 is 0 Å². The van der Waals surface area contributed by atoms with Gasteiger partial charge in [-0.2, -0.15) is 5.10 Å². The lowest BCUT2D eigenvalue weighted by Crippen LogP contribution is -2.26. The Morgan fingerprint density at radius 2 is 1.96 bits per heavy atom. The van der Waals surface area contributed by atoms with Gasteiger partial charge in [0, 0.05) is 0 Å². The molecule has 2 aromatic rings. The normalized spacial score (nSPS) is 11.2. The minimum absolute atomic E-state index is 0.0864. The Morgan fingerprint density at radius 1 is 1.22 bits per heavy atom. The molecule has 0 aliphatic heterocycles. The third-order valence-corrected chi connectivity index (χ3v) is 3.82. The van der Waals surface area contributed by atoms with Crippen molar-refractivity contribution in [2.24, 2.45) is 5.10 Å². The second-order valence-corrected chi connectivity index (χ2v) is 5.89. The number of amides is 1. The van der Waals surface area contributed by atoms with Crippen LogP contribution in [0.5, 0.6) is 5.75 Å². The minimum atomic E-state index is -0.292. The van der Waals surface area contributed by atoms with Crippen LogP contribution >= 0.6 is 15.9 Å². The summed E-state index contributed by atoms with van der Waals surface area (Å²) in [5.41, 5.74) is 5.49. The number of carbonyl (C=O) groups excluding carboxylic acids is 1. The van der Waals surface area contributed by atoms with Crippen LogP contribution in [0.4, 0.5) is 0 Å². The van der Waals surface area contributed by atoms with Crippen molar-refractivity contribution >= 4 is 27.5 Å². The topological polar surface area (TPSA) is 50.7 Å². The number of aryl methyl sites for hydroxylation is 1. The van der Waals surface area contributed by atoms with Crippen molar-refractivity contribution in [1.82, 2.24) is 5.43 Å². The number of hydrogen-bond donors (Lipinski definition) is 1. The molecule has 5 heteroatoms. The summed E-state index contributed by atoms with van der Waals surface area (Å²) in [6.07, 6.45) is 0.731.